The number of anilines is 2. The first kappa shape index (κ1) is 14.3. The Bertz CT molecular complexity index is 504. The fourth-order valence-corrected chi connectivity index (χ4v) is 1.37. The standard InChI is InChI=1S/C11H20N4O3/c1-7(2)6-18-5-4-13-8-9(12)15(3)11(17)14-10(8)16/h7,13H,4-6,12H2,1-3H3,(H,14,16,17). The van der Waals surface area contributed by atoms with Crippen LogP contribution < -0.4 is 22.3 Å². The molecule has 0 saturated carbocycles. The highest BCUT2D eigenvalue weighted by Gasteiger charge is 2.08. The molecule has 0 aliphatic rings. The molecule has 0 unspecified atom stereocenters. The molecule has 0 aliphatic carbocycles. The summed E-state index contributed by atoms with van der Waals surface area (Å²) in [6.45, 7) is 5.71. The molecule has 0 aliphatic heterocycles. The molecule has 1 aromatic rings. The molecular formula is C11H20N4O3. The predicted octanol–water partition coefficient (Wildman–Crippen LogP) is -0.260. The Hall–Kier alpha value is -1.76. The van der Waals surface area contributed by atoms with Gasteiger partial charge in [-0.05, 0) is 5.92 Å². The topological polar surface area (TPSA) is 102 Å². The van der Waals surface area contributed by atoms with Gasteiger partial charge in [0, 0.05) is 20.2 Å². The molecule has 0 aromatic carbocycles. The van der Waals surface area contributed by atoms with Crippen molar-refractivity contribution in [2.45, 2.75) is 13.8 Å². The average molecular weight is 256 g/mol. The third-order valence-electron chi connectivity index (χ3n) is 2.37. The van der Waals surface area contributed by atoms with Crippen LogP contribution in [0.15, 0.2) is 9.59 Å². The van der Waals surface area contributed by atoms with Crippen molar-refractivity contribution in [3.8, 4) is 0 Å². The SMILES string of the molecule is CC(C)COCCNc1c(N)n(C)c(=O)[nH]c1=O. The van der Waals surface area contributed by atoms with Gasteiger partial charge >= 0.3 is 5.69 Å². The maximum Gasteiger partial charge on any atom is 0.329 e. The molecular weight excluding hydrogens is 236 g/mol. The van der Waals surface area contributed by atoms with Crippen molar-refractivity contribution in [1.82, 2.24) is 9.55 Å². The minimum Gasteiger partial charge on any atom is -0.383 e. The van der Waals surface area contributed by atoms with Crippen molar-refractivity contribution in [3.05, 3.63) is 20.8 Å². The van der Waals surface area contributed by atoms with Crippen molar-refractivity contribution in [2.24, 2.45) is 13.0 Å². The summed E-state index contributed by atoms with van der Waals surface area (Å²) in [6, 6.07) is 0. The number of aromatic nitrogens is 2. The van der Waals surface area contributed by atoms with Gasteiger partial charge in [0.2, 0.25) is 0 Å². The molecule has 0 saturated heterocycles. The van der Waals surface area contributed by atoms with Crippen LogP contribution in [0.5, 0.6) is 0 Å². The van der Waals surface area contributed by atoms with Crippen LogP contribution in [0.3, 0.4) is 0 Å². The molecule has 18 heavy (non-hydrogen) atoms. The lowest BCUT2D eigenvalue weighted by atomic mass is 10.2. The number of nitrogens with two attached hydrogens (primary N) is 1. The number of ether oxygens (including phenoxy) is 1. The third kappa shape index (κ3) is 3.63. The van der Waals surface area contributed by atoms with E-state index in [2.05, 4.69) is 24.1 Å². The molecule has 0 radical (unpaired) electrons. The summed E-state index contributed by atoms with van der Waals surface area (Å²) in [4.78, 5) is 24.9. The largest absolute Gasteiger partial charge is 0.383 e. The van der Waals surface area contributed by atoms with E-state index in [1.54, 1.807) is 0 Å². The summed E-state index contributed by atoms with van der Waals surface area (Å²) < 4.78 is 6.55. The Kier molecular flexibility index (Phi) is 4.96. The van der Waals surface area contributed by atoms with Gasteiger partial charge < -0.3 is 15.8 Å². The van der Waals surface area contributed by atoms with Crippen LogP contribution in [0.25, 0.3) is 0 Å². The van der Waals surface area contributed by atoms with Gasteiger partial charge in [0.05, 0.1) is 6.61 Å². The Morgan fingerprint density at radius 1 is 1.44 bits per heavy atom. The minimum absolute atomic E-state index is 0.118. The Labute approximate surface area is 105 Å². The summed E-state index contributed by atoms with van der Waals surface area (Å²) in [5.41, 5.74) is 4.84. The molecule has 1 rings (SSSR count). The number of hydrogen-bond donors (Lipinski definition) is 3. The minimum atomic E-state index is -0.529. The van der Waals surface area contributed by atoms with Gasteiger partial charge in [-0.25, -0.2) is 4.79 Å². The first-order chi connectivity index (χ1) is 8.43. The lowest BCUT2D eigenvalue weighted by Crippen LogP contribution is -2.33. The van der Waals surface area contributed by atoms with Gasteiger partial charge in [0.25, 0.3) is 5.56 Å². The fraction of sp³-hybridized carbons (Fsp3) is 0.636. The van der Waals surface area contributed by atoms with Crippen LogP contribution in [-0.2, 0) is 11.8 Å². The third-order valence-corrected chi connectivity index (χ3v) is 2.37. The van der Waals surface area contributed by atoms with Crippen LogP contribution in [0.2, 0.25) is 0 Å². The van der Waals surface area contributed by atoms with E-state index < -0.39 is 11.2 Å². The zero-order valence-electron chi connectivity index (χ0n) is 10.9. The molecule has 0 amide bonds. The van der Waals surface area contributed by atoms with Gasteiger partial charge in [0.15, 0.2) is 0 Å². The number of rotatable bonds is 6. The van der Waals surface area contributed by atoms with E-state index in [4.69, 9.17) is 10.5 Å². The summed E-state index contributed by atoms with van der Waals surface area (Å²) in [6.07, 6.45) is 0. The summed E-state index contributed by atoms with van der Waals surface area (Å²) in [5.74, 6) is 0.587. The molecule has 0 spiro atoms. The van der Waals surface area contributed by atoms with E-state index in [0.29, 0.717) is 25.7 Å². The highest BCUT2D eigenvalue weighted by molar-refractivity contribution is 5.60. The lowest BCUT2D eigenvalue weighted by molar-refractivity contribution is 0.118. The van der Waals surface area contributed by atoms with Crippen molar-refractivity contribution in [3.63, 3.8) is 0 Å². The first-order valence-electron chi connectivity index (χ1n) is 5.84. The maximum atomic E-state index is 11.5. The quantitative estimate of drug-likeness (QED) is 0.609. The van der Waals surface area contributed by atoms with Crippen molar-refractivity contribution in [1.29, 1.82) is 0 Å². The van der Waals surface area contributed by atoms with Crippen molar-refractivity contribution in [2.75, 3.05) is 30.8 Å². The van der Waals surface area contributed by atoms with E-state index in [0.717, 1.165) is 0 Å². The van der Waals surface area contributed by atoms with Gasteiger partial charge in [-0.1, -0.05) is 13.8 Å². The number of hydrogen-bond acceptors (Lipinski definition) is 5. The maximum absolute atomic E-state index is 11.5. The molecule has 102 valence electrons. The fourth-order valence-electron chi connectivity index (χ4n) is 1.37. The van der Waals surface area contributed by atoms with E-state index in [9.17, 15) is 9.59 Å². The summed E-state index contributed by atoms with van der Waals surface area (Å²) in [7, 11) is 1.49. The van der Waals surface area contributed by atoms with Crippen LogP contribution in [0.4, 0.5) is 11.5 Å². The molecule has 0 bridgehead atoms. The molecule has 0 fully saturated rings. The molecule has 7 nitrogen and oxygen atoms in total. The molecule has 7 heteroatoms. The molecule has 1 aromatic heterocycles. The zero-order valence-corrected chi connectivity index (χ0v) is 10.9. The van der Waals surface area contributed by atoms with Crippen LogP contribution >= 0.6 is 0 Å². The Morgan fingerprint density at radius 2 is 2.11 bits per heavy atom. The monoisotopic (exact) mass is 256 g/mol. The Morgan fingerprint density at radius 3 is 2.72 bits per heavy atom. The zero-order chi connectivity index (χ0) is 13.7. The van der Waals surface area contributed by atoms with Crippen molar-refractivity contribution >= 4 is 11.5 Å². The second kappa shape index (κ2) is 6.25. The van der Waals surface area contributed by atoms with Gasteiger partial charge in [-0.2, -0.15) is 0 Å². The van der Waals surface area contributed by atoms with Gasteiger partial charge in [-0.3, -0.25) is 14.3 Å². The average Bonchev–Trinajstić information content (AvgIpc) is 2.29. The summed E-state index contributed by atoms with van der Waals surface area (Å²) in [5, 5.41) is 2.87. The molecule has 4 N–H and O–H groups in total. The van der Waals surface area contributed by atoms with Crippen LogP contribution in [0, 0.1) is 5.92 Å². The number of nitrogens with zero attached hydrogens (tertiary/aromatic N) is 1. The molecule has 1 heterocycles. The van der Waals surface area contributed by atoms with E-state index >= 15 is 0 Å². The highest BCUT2D eigenvalue weighted by atomic mass is 16.5. The highest BCUT2D eigenvalue weighted by Crippen LogP contribution is 2.07. The van der Waals surface area contributed by atoms with Crippen molar-refractivity contribution < 1.29 is 4.74 Å². The second-order valence-corrected chi connectivity index (χ2v) is 4.47. The Balaban J connectivity index is 2.61. The normalized spacial score (nSPS) is 10.9. The van der Waals surface area contributed by atoms with Gasteiger partial charge in [0.1, 0.15) is 11.5 Å². The smallest absolute Gasteiger partial charge is 0.329 e. The number of nitrogen functional groups attached to an aromatic ring is 1. The van der Waals surface area contributed by atoms with E-state index in [-0.39, 0.29) is 11.5 Å². The second-order valence-electron chi connectivity index (χ2n) is 4.47. The van der Waals surface area contributed by atoms with E-state index in [1.807, 2.05) is 0 Å². The first-order valence-corrected chi connectivity index (χ1v) is 5.84. The van der Waals surface area contributed by atoms with Crippen LogP contribution in [0.1, 0.15) is 13.8 Å². The van der Waals surface area contributed by atoms with Crippen LogP contribution in [-0.4, -0.2) is 29.3 Å². The number of nitrogens with one attached hydrogen (secondary N) is 2. The number of aromatic amines is 1. The van der Waals surface area contributed by atoms with Gasteiger partial charge in [-0.15, -0.1) is 0 Å². The van der Waals surface area contributed by atoms with E-state index in [1.165, 1.54) is 11.6 Å². The molecule has 0 atom stereocenters. The lowest BCUT2D eigenvalue weighted by Gasteiger charge is -2.11. The summed E-state index contributed by atoms with van der Waals surface area (Å²) >= 11 is 0. The number of H-pyrrole nitrogens is 1. The predicted molar refractivity (Wildman–Crippen MR) is 70.9 cm³/mol.